The summed E-state index contributed by atoms with van der Waals surface area (Å²) in [6, 6.07) is 0. The Kier molecular flexibility index (Phi) is 65.0. The van der Waals surface area contributed by atoms with Crippen LogP contribution in [0, 0.1) is 23.7 Å². The van der Waals surface area contributed by atoms with Gasteiger partial charge in [-0.15, -0.1) is 0 Å². The number of carbonyl (C=O) groups is 4. The molecule has 0 aliphatic carbocycles. The van der Waals surface area contributed by atoms with Gasteiger partial charge in [0.15, 0.2) is 12.2 Å². The van der Waals surface area contributed by atoms with Crippen molar-refractivity contribution < 1.29 is 80.2 Å². The second-order valence-electron chi connectivity index (χ2n) is 29.2. The summed E-state index contributed by atoms with van der Waals surface area (Å²) >= 11 is 0. The molecule has 17 nitrogen and oxygen atoms in total. The predicted octanol–water partition coefficient (Wildman–Crippen LogP) is 22.4. The van der Waals surface area contributed by atoms with Gasteiger partial charge in [-0.25, -0.2) is 9.13 Å². The van der Waals surface area contributed by atoms with Crippen LogP contribution in [0.1, 0.15) is 389 Å². The van der Waals surface area contributed by atoms with Gasteiger partial charge >= 0.3 is 39.5 Å². The average Bonchev–Trinajstić information content (AvgIpc) is 1.19. The fourth-order valence-corrected chi connectivity index (χ4v) is 13.2. The number of aliphatic hydroxyl groups excluding tert-OH is 1. The summed E-state index contributed by atoms with van der Waals surface area (Å²) in [5, 5.41) is 10.6. The quantitative estimate of drug-likeness (QED) is 0.0222. The predicted molar refractivity (Wildman–Crippen MR) is 391 cm³/mol. The minimum absolute atomic E-state index is 0.106. The van der Waals surface area contributed by atoms with E-state index in [1.54, 1.807) is 0 Å². The molecule has 0 aromatic heterocycles. The molecule has 0 amide bonds. The highest BCUT2D eigenvalue weighted by Crippen LogP contribution is 2.45. The van der Waals surface area contributed by atoms with E-state index in [0.717, 1.165) is 120 Å². The van der Waals surface area contributed by atoms with Gasteiger partial charge in [0.1, 0.15) is 19.3 Å². The van der Waals surface area contributed by atoms with Crippen molar-refractivity contribution >= 4 is 39.5 Å². The summed E-state index contributed by atoms with van der Waals surface area (Å²) < 4.78 is 68.6. The van der Waals surface area contributed by atoms with Crippen LogP contribution in [0.4, 0.5) is 0 Å². The second-order valence-corrected chi connectivity index (χ2v) is 32.1. The van der Waals surface area contributed by atoms with Crippen LogP contribution in [0.25, 0.3) is 0 Å². The maximum absolute atomic E-state index is 13.1. The number of ether oxygens (including phenoxy) is 4. The van der Waals surface area contributed by atoms with Gasteiger partial charge in [-0.2, -0.15) is 0 Å². The smallest absolute Gasteiger partial charge is 0.462 e. The normalized spacial score (nSPS) is 14.7. The lowest BCUT2D eigenvalue weighted by Crippen LogP contribution is -2.30. The number of carbonyl (C=O) groups excluding carboxylic acids is 4. The minimum Gasteiger partial charge on any atom is -0.462 e. The molecule has 0 saturated carbocycles. The van der Waals surface area contributed by atoms with E-state index in [-0.39, 0.29) is 25.7 Å². The van der Waals surface area contributed by atoms with Crippen LogP contribution in [0.2, 0.25) is 0 Å². The summed E-state index contributed by atoms with van der Waals surface area (Å²) in [7, 11) is -9.92. The molecule has 0 heterocycles. The molecule has 4 unspecified atom stereocenters. The monoisotopic (exact) mass is 1410 g/mol. The van der Waals surface area contributed by atoms with Crippen LogP contribution in [-0.4, -0.2) is 96.7 Å². The van der Waals surface area contributed by atoms with E-state index in [0.29, 0.717) is 25.7 Å². The number of rotatable bonds is 74. The van der Waals surface area contributed by atoms with E-state index in [9.17, 15) is 43.2 Å². The molecule has 0 rings (SSSR count). The first kappa shape index (κ1) is 94.1. The van der Waals surface area contributed by atoms with Gasteiger partial charge in [-0.3, -0.25) is 37.3 Å². The molecule has 96 heavy (non-hydrogen) atoms. The van der Waals surface area contributed by atoms with E-state index in [2.05, 4.69) is 55.4 Å². The molecule has 0 fully saturated rings. The van der Waals surface area contributed by atoms with Crippen molar-refractivity contribution in [2.75, 3.05) is 39.6 Å². The van der Waals surface area contributed by atoms with E-state index in [1.807, 2.05) is 0 Å². The number of aliphatic hydroxyl groups is 1. The molecule has 0 bridgehead atoms. The summed E-state index contributed by atoms with van der Waals surface area (Å²) in [5.41, 5.74) is 0. The first-order chi connectivity index (χ1) is 46.2. The van der Waals surface area contributed by atoms with Crippen molar-refractivity contribution in [1.29, 1.82) is 0 Å². The number of phosphoric ester groups is 2. The maximum Gasteiger partial charge on any atom is 0.472 e. The molecule has 7 atom stereocenters. The topological polar surface area (TPSA) is 237 Å². The van der Waals surface area contributed by atoms with E-state index in [1.165, 1.54) is 186 Å². The van der Waals surface area contributed by atoms with Crippen molar-refractivity contribution in [1.82, 2.24) is 0 Å². The zero-order chi connectivity index (χ0) is 71.0. The van der Waals surface area contributed by atoms with Crippen molar-refractivity contribution in [3.8, 4) is 0 Å². The first-order valence-corrected chi connectivity index (χ1v) is 42.8. The van der Waals surface area contributed by atoms with Crippen LogP contribution in [0.3, 0.4) is 0 Å². The van der Waals surface area contributed by atoms with E-state index < -0.39 is 97.5 Å². The Morgan fingerprint density at radius 3 is 0.740 bits per heavy atom. The second kappa shape index (κ2) is 66.3. The fraction of sp³-hybridized carbons (Fsp3) is 0.948. The highest BCUT2D eigenvalue weighted by Gasteiger charge is 2.30. The Labute approximate surface area is 588 Å². The molecule has 3 N–H and O–H groups in total. The molecule has 0 radical (unpaired) electrons. The number of hydrogen-bond donors (Lipinski definition) is 3. The highest BCUT2D eigenvalue weighted by atomic mass is 31.2. The van der Waals surface area contributed by atoms with Gasteiger partial charge in [0.05, 0.1) is 26.4 Å². The number of hydrogen-bond acceptors (Lipinski definition) is 15. The van der Waals surface area contributed by atoms with Crippen LogP contribution in [-0.2, 0) is 65.4 Å². The van der Waals surface area contributed by atoms with Crippen molar-refractivity contribution in [2.45, 2.75) is 408 Å². The molecule has 19 heteroatoms. The number of phosphoric acid groups is 2. The zero-order valence-corrected chi connectivity index (χ0v) is 64.8. The van der Waals surface area contributed by atoms with Crippen LogP contribution >= 0.6 is 15.6 Å². The molecule has 0 aliphatic rings. The molecule has 0 aliphatic heterocycles. The summed E-state index contributed by atoms with van der Waals surface area (Å²) in [6.07, 6.45) is 51.2. The lowest BCUT2D eigenvalue weighted by Gasteiger charge is -2.21. The third-order valence-corrected chi connectivity index (χ3v) is 20.4. The van der Waals surface area contributed by atoms with Crippen LogP contribution < -0.4 is 0 Å². The number of unbranched alkanes of at least 4 members (excludes halogenated alkanes) is 38. The molecular formula is C77H150O17P2. The van der Waals surface area contributed by atoms with E-state index >= 15 is 0 Å². The lowest BCUT2D eigenvalue weighted by atomic mass is 9.99. The third kappa shape index (κ3) is 67.9. The Morgan fingerprint density at radius 2 is 0.500 bits per heavy atom. The van der Waals surface area contributed by atoms with Gasteiger partial charge < -0.3 is 33.8 Å². The van der Waals surface area contributed by atoms with E-state index in [4.69, 9.17) is 37.0 Å². The summed E-state index contributed by atoms with van der Waals surface area (Å²) in [4.78, 5) is 72.9. The highest BCUT2D eigenvalue weighted by molar-refractivity contribution is 7.47. The SMILES string of the molecule is CCC(C)CCCCCCCCCCCCC(=O)OC[C@H](COP(=O)(O)OC[C@@H](O)COP(=O)(O)OC[C@@H](COC(=O)CCCCCCCCC(C)CC)OC(=O)CCCCCCCCCCCCCCCCC(C)C)OC(=O)CCCCCCCCCCCCCCC(C)C. The van der Waals surface area contributed by atoms with Crippen molar-refractivity contribution in [3.63, 3.8) is 0 Å². The Morgan fingerprint density at radius 1 is 0.292 bits per heavy atom. The summed E-state index contributed by atoms with van der Waals surface area (Å²) in [5.74, 6) is 0.993. The molecule has 0 aromatic rings. The third-order valence-electron chi connectivity index (χ3n) is 18.5. The maximum atomic E-state index is 13.1. The average molecular weight is 1410 g/mol. The van der Waals surface area contributed by atoms with Crippen molar-refractivity contribution in [2.24, 2.45) is 23.7 Å². The Balaban J connectivity index is 5.26. The standard InChI is InChI=1S/C77H150O17P2/c1-9-69(7)55-47-39-31-25-21-22-26-32-41-49-57-74(79)87-63-72(93-76(81)60-52-44-34-28-20-16-15-18-24-30-38-46-54-68(5)6)65-91-95(83,84)89-61-71(78)62-90-96(85,86)92-66-73(64-88-75(80)58-50-42-36-35-40-48-56-70(8)10-2)94-77(82)59-51-43-33-27-19-14-12-11-13-17-23-29-37-45-53-67(3)4/h67-73,78H,9-66H2,1-8H3,(H,83,84)(H,85,86)/t69?,70?,71-,72-,73-/m1/s1. The molecule has 0 aromatic carbocycles. The molecule has 0 spiro atoms. The zero-order valence-electron chi connectivity index (χ0n) is 63.0. The van der Waals surface area contributed by atoms with Gasteiger partial charge in [-0.05, 0) is 49.4 Å². The Bertz CT molecular complexity index is 1890. The molecule has 0 saturated heterocycles. The Hall–Kier alpha value is -1.94. The fourth-order valence-electron chi connectivity index (χ4n) is 11.7. The van der Waals surface area contributed by atoms with Gasteiger partial charge in [0.2, 0.25) is 0 Å². The molecular weight excluding hydrogens is 1260 g/mol. The van der Waals surface area contributed by atoms with Crippen LogP contribution in [0.15, 0.2) is 0 Å². The van der Waals surface area contributed by atoms with Gasteiger partial charge in [-0.1, -0.05) is 338 Å². The lowest BCUT2D eigenvalue weighted by molar-refractivity contribution is -0.161. The van der Waals surface area contributed by atoms with Gasteiger partial charge in [0.25, 0.3) is 0 Å². The number of esters is 4. The largest absolute Gasteiger partial charge is 0.472 e. The summed E-state index contributed by atoms with van der Waals surface area (Å²) in [6.45, 7) is 14.2. The van der Waals surface area contributed by atoms with Crippen LogP contribution in [0.5, 0.6) is 0 Å². The van der Waals surface area contributed by atoms with Crippen molar-refractivity contribution in [3.05, 3.63) is 0 Å². The minimum atomic E-state index is -4.96. The molecule has 570 valence electrons. The first-order valence-electron chi connectivity index (χ1n) is 39.8. The van der Waals surface area contributed by atoms with Gasteiger partial charge in [0, 0.05) is 25.7 Å².